The highest BCUT2D eigenvalue weighted by Crippen LogP contribution is 2.38. The lowest BCUT2D eigenvalue weighted by Gasteiger charge is -2.19. The summed E-state index contributed by atoms with van der Waals surface area (Å²) in [4.78, 5) is 15.8. The molecule has 0 N–H and O–H groups in total. The smallest absolute Gasteiger partial charge is 0.456 e. The van der Waals surface area contributed by atoms with Gasteiger partial charge in [0.2, 0.25) is 5.88 Å². The number of carbonyl (C=O) groups is 1. The molecule has 0 saturated heterocycles. The standard InChI is InChI=1S/C22H13Cl2F6NO4/c1-11-2-4-12(5-3-11)35-20(32)14-7-15(23)18(8-17(14)25)34-13-6-16(24)19(31-9-13)33-10-21(26,27)22(28,29)30/h2-9H,10H2,1H3. The number of ether oxygens (including phenoxy) is 3. The quantitative estimate of drug-likeness (QED) is 0.177. The zero-order chi connectivity index (χ0) is 26.0. The number of benzene rings is 2. The number of nitrogens with zero attached hydrogens (tertiary/aromatic N) is 1. The zero-order valence-electron chi connectivity index (χ0n) is 17.4. The molecule has 1 heterocycles. The van der Waals surface area contributed by atoms with Gasteiger partial charge in [-0.05, 0) is 25.1 Å². The van der Waals surface area contributed by atoms with Crippen LogP contribution < -0.4 is 14.2 Å². The summed E-state index contributed by atoms with van der Waals surface area (Å²) in [5.74, 6) is -8.15. The number of hydrogen-bond acceptors (Lipinski definition) is 5. The Balaban J connectivity index is 1.72. The van der Waals surface area contributed by atoms with Crippen LogP contribution in [0.4, 0.5) is 26.3 Å². The van der Waals surface area contributed by atoms with Crippen molar-refractivity contribution in [3.05, 3.63) is 75.7 Å². The molecule has 0 amide bonds. The Bertz CT molecular complexity index is 1240. The second-order valence-corrected chi connectivity index (χ2v) is 7.83. The summed E-state index contributed by atoms with van der Waals surface area (Å²) in [6, 6.07) is 9.17. The van der Waals surface area contributed by atoms with Gasteiger partial charge in [0.25, 0.3) is 0 Å². The van der Waals surface area contributed by atoms with Crippen LogP contribution in [0, 0.1) is 12.7 Å². The summed E-state index contributed by atoms with van der Waals surface area (Å²) in [7, 11) is 0. The molecule has 3 aromatic rings. The molecule has 0 fully saturated rings. The van der Waals surface area contributed by atoms with Gasteiger partial charge >= 0.3 is 18.1 Å². The number of carbonyl (C=O) groups excluding carboxylic acids is 1. The van der Waals surface area contributed by atoms with Gasteiger partial charge < -0.3 is 14.2 Å². The lowest BCUT2D eigenvalue weighted by molar-refractivity contribution is -0.290. The Labute approximate surface area is 204 Å². The first-order valence-corrected chi connectivity index (χ1v) is 10.2. The Kier molecular flexibility index (Phi) is 7.71. The van der Waals surface area contributed by atoms with E-state index in [1.165, 1.54) is 12.1 Å². The molecule has 0 bridgehead atoms. The van der Waals surface area contributed by atoms with E-state index < -0.39 is 47.0 Å². The van der Waals surface area contributed by atoms with Crippen molar-refractivity contribution in [1.29, 1.82) is 0 Å². The van der Waals surface area contributed by atoms with Crippen molar-refractivity contribution in [3.8, 4) is 23.1 Å². The fourth-order valence-electron chi connectivity index (χ4n) is 2.47. The van der Waals surface area contributed by atoms with Crippen LogP contribution in [0.1, 0.15) is 15.9 Å². The maximum atomic E-state index is 14.5. The summed E-state index contributed by atoms with van der Waals surface area (Å²) in [6.07, 6.45) is -4.94. The van der Waals surface area contributed by atoms with E-state index in [2.05, 4.69) is 9.72 Å². The van der Waals surface area contributed by atoms with Crippen molar-refractivity contribution in [2.24, 2.45) is 0 Å². The lowest BCUT2D eigenvalue weighted by Crippen LogP contribution is -2.41. The minimum Gasteiger partial charge on any atom is -0.470 e. The molecule has 0 aliphatic rings. The molecule has 5 nitrogen and oxygen atoms in total. The molecule has 0 spiro atoms. The molecular weight excluding hydrogens is 527 g/mol. The van der Waals surface area contributed by atoms with Gasteiger partial charge in [0.05, 0.1) is 16.8 Å². The molecule has 0 saturated carbocycles. The summed E-state index contributed by atoms with van der Waals surface area (Å²) in [6.45, 7) is -0.208. The topological polar surface area (TPSA) is 57.7 Å². The summed E-state index contributed by atoms with van der Waals surface area (Å²) >= 11 is 11.9. The first kappa shape index (κ1) is 26.4. The van der Waals surface area contributed by atoms with Crippen LogP contribution in [0.5, 0.6) is 23.1 Å². The summed E-state index contributed by atoms with van der Waals surface area (Å²) < 4.78 is 92.1. The largest absolute Gasteiger partial charge is 0.470 e. The normalized spacial score (nSPS) is 11.8. The van der Waals surface area contributed by atoms with Crippen molar-refractivity contribution >= 4 is 29.2 Å². The number of rotatable bonds is 7. The highest BCUT2D eigenvalue weighted by atomic mass is 35.5. The first-order chi connectivity index (χ1) is 16.3. The third-order valence-electron chi connectivity index (χ3n) is 4.29. The fraction of sp³-hybridized carbons (Fsp3) is 0.182. The van der Waals surface area contributed by atoms with Gasteiger partial charge in [-0.3, -0.25) is 0 Å². The van der Waals surface area contributed by atoms with Crippen molar-refractivity contribution in [1.82, 2.24) is 4.98 Å². The van der Waals surface area contributed by atoms with E-state index in [0.717, 1.165) is 30.0 Å². The van der Waals surface area contributed by atoms with E-state index in [1.807, 2.05) is 6.92 Å². The van der Waals surface area contributed by atoms with Crippen LogP contribution in [-0.4, -0.2) is 29.7 Å². The predicted octanol–water partition coefficient (Wildman–Crippen LogP) is 7.42. The van der Waals surface area contributed by atoms with E-state index in [1.54, 1.807) is 12.1 Å². The van der Waals surface area contributed by atoms with Crippen LogP contribution in [0.2, 0.25) is 10.0 Å². The number of hydrogen-bond donors (Lipinski definition) is 0. The molecule has 0 aliphatic heterocycles. The third-order valence-corrected chi connectivity index (χ3v) is 4.85. The van der Waals surface area contributed by atoms with Crippen LogP contribution >= 0.6 is 23.2 Å². The Hall–Kier alpha value is -3.18. The van der Waals surface area contributed by atoms with Crippen LogP contribution in [-0.2, 0) is 0 Å². The average molecular weight is 540 g/mol. The van der Waals surface area contributed by atoms with Crippen LogP contribution in [0.3, 0.4) is 0 Å². The van der Waals surface area contributed by atoms with Gasteiger partial charge in [0, 0.05) is 12.1 Å². The van der Waals surface area contributed by atoms with Gasteiger partial charge in [-0.25, -0.2) is 14.2 Å². The van der Waals surface area contributed by atoms with E-state index in [-0.39, 0.29) is 22.3 Å². The number of esters is 1. The average Bonchev–Trinajstić information content (AvgIpc) is 2.76. The van der Waals surface area contributed by atoms with Crippen molar-refractivity contribution in [2.75, 3.05) is 6.61 Å². The van der Waals surface area contributed by atoms with Crippen molar-refractivity contribution < 1.29 is 45.3 Å². The molecule has 0 atom stereocenters. The number of aryl methyl sites for hydroxylation is 1. The monoisotopic (exact) mass is 539 g/mol. The lowest BCUT2D eigenvalue weighted by atomic mass is 10.2. The Morgan fingerprint density at radius 1 is 0.971 bits per heavy atom. The van der Waals surface area contributed by atoms with E-state index in [0.29, 0.717) is 0 Å². The van der Waals surface area contributed by atoms with Gasteiger partial charge in [-0.2, -0.15) is 22.0 Å². The highest BCUT2D eigenvalue weighted by Gasteiger charge is 2.58. The molecule has 35 heavy (non-hydrogen) atoms. The number of halogens is 8. The molecule has 0 unspecified atom stereocenters. The minimum atomic E-state index is -5.82. The van der Waals surface area contributed by atoms with Crippen LogP contribution in [0.25, 0.3) is 0 Å². The summed E-state index contributed by atoms with van der Waals surface area (Å²) in [5.41, 5.74) is 0.447. The first-order valence-electron chi connectivity index (χ1n) is 9.45. The fourth-order valence-corrected chi connectivity index (χ4v) is 2.88. The Morgan fingerprint density at radius 3 is 2.23 bits per heavy atom. The number of alkyl halides is 5. The molecule has 0 radical (unpaired) electrons. The molecule has 186 valence electrons. The molecule has 0 aliphatic carbocycles. The maximum Gasteiger partial charge on any atom is 0.456 e. The molecule has 3 rings (SSSR count). The van der Waals surface area contributed by atoms with Crippen LogP contribution in [0.15, 0.2) is 48.7 Å². The number of aromatic nitrogens is 1. The SMILES string of the molecule is Cc1ccc(OC(=O)c2cc(Cl)c(Oc3cnc(OCC(F)(F)C(F)(F)F)c(Cl)c3)cc2F)cc1. The third kappa shape index (κ3) is 6.49. The van der Waals surface area contributed by atoms with Crippen molar-refractivity contribution in [2.45, 2.75) is 19.0 Å². The van der Waals surface area contributed by atoms with Gasteiger partial charge in [0.15, 0.2) is 6.61 Å². The van der Waals surface area contributed by atoms with E-state index in [4.69, 9.17) is 32.7 Å². The Morgan fingerprint density at radius 2 is 1.63 bits per heavy atom. The zero-order valence-corrected chi connectivity index (χ0v) is 18.9. The second-order valence-electron chi connectivity index (χ2n) is 7.02. The molecular formula is C22H13Cl2F6NO4. The maximum absolute atomic E-state index is 14.5. The van der Waals surface area contributed by atoms with Gasteiger partial charge in [0.1, 0.15) is 28.1 Å². The molecule has 2 aromatic carbocycles. The minimum absolute atomic E-state index is 0.179. The van der Waals surface area contributed by atoms with Crippen molar-refractivity contribution in [3.63, 3.8) is 0 Å². The number of pyridine rings is 1. The molecule has 13 heteroatoms. The second kappa shape index (κ2) is 10.2. The molecule has 1 aromatic heterocycles. The van der Waals surface area contributed by atoms with Gasteiger partial charge in [-0.1, -0.05) is 40.9 Å². The van der Waals surface area contributed by atoms with Gasteiger partial charge in [-0.15, -0.1) is 0 Å². The summed E-state index contributed by atoms with van der Waals surface area (Å²) in [5, 5.41) is -0.668. The van der Waals surface area contributed by atoms with E-state index in [9.17, 15) is 31.1 Å². The predicted molar refractivity (Wildman–Crippen MR) is 113 cm³/mol. The van der Waals surface area contributed by atoms with E-state index >= 15 is 0 Å². The highest BCUT2D eigenvalue weighted by molar-refractivity contribution is 6.32.